The van der Waals surface area contributed by atoms with E-state index >= 15 is 0 Å². The van der Waals surface area contributed by atoms with E-state index in [2.05, 4.69) is 15.0 Å². The Morgan fingerprint density at radius 1 is 1.42 bits per heavy atom. The molecule has 0 aromatic rings. The molecule has 0 N–H and O–H groups in total. The zero-order valence-electron chi connectivity index (χ0n) is 8.29. The molecular formula is C8H16N2O2. The van der Waals surface area contributed by atoms with Crippen LogP contribution < -0.4 is 0 Å². The molecule has 1 unspecified atom stereocenters. The lowest BCUT2D eigenvalue weighted by Gasteiger charge is -2.21. The summed E-state index contributed by atoms with van der Waals surface area (Å²) < 4.78 is 4.31. The SMILES string of the molecule is COC(=O)N=NC(C)C(C)(C)C. The Morgan fingerprint density at radius 3 is 2.25 bits per heavy atom. The number of carbonyl (C=O) groups excluding carboxylic acids is 1. The fourth-order valence-electron chi connectivity index (χ4n) is 0.348. The third-order valence-corrected chi connectivity index (χ3v) is 1.74. The second-order valence-electron chi connectivity index (χ2n) is 3.73. The van der Waals surface area contributed by atoms with Crippen LogP contribution in [0.2, 0.25) is 0 Å². The van der Waals surface area contributed by atoms with Crippen molar-refractivity contribution in [2.45, 2.75) is 33.7 Å². The standard InChI is InChI=1S/C8H16N2O2/c1-6(8(2,3)4)9-10-7(11)12-5/h6H,1-5H3. The Balaban J connectivity index is 4.09. The Hall–Kier alpha value is -0.930. The van der Waals surface area contributed by atoms with Gasteiger partial charge in [0.2, 0.25) is 0 Å². The van der Waals surface area contributed by atoms with Crippen molar-refractivity contribution in [2.24, 2.45) is 15.6 Å². The Labute approximate surface area is 73.0 Å². The molecule has 4 heteroatoms. The van der Waals surface area contributed by atoms with Gasteiger partial charge in [-0.15, -0.1) is 0 Å². The van der Waals surface area contributed by atoms with Crippen molar-refractivity contribution in [3.63, 3.8) is 0 Å². The second kappa shape index (κ2) is 4.18. The fraction of sp³-hybridized carbons (Fsp3) is 0.875. The van der Waals surface area contributed by atoms with Crippen LogP contribution in [0.25, 0.3) is 0 Å². The summed E-state index contributed by atoms with van der Waals surface area (Å²) in [5, 5.41) is 7.19. The minimum absolute atomic E-state index is 0.0107. The van der Waals surface area contributed by atoms with E-state index < -0.39 is 6.09 Å². The molecule has 12 heavy (non-hydrogen) atoms. The smallest absolute Gasteiger partial charge is 0.450 e. The lowest BCUT2D eigenvalue weighted by atomic mass is 9.89. The molecule has 0 aliphatic carbocycles. The zero-order valence-corrected chi connectivity index (χ0v) is 8.29. The highest BCUT2D eigenvalue weighted by atomic mass is 16.5. The number of carbonyl (C=O) groups is 1. The number of hydrogen-bond donors (Lipinski definition) is 0. The summed E-state index contributed by atoms with van der Waals surface area (Å²) in [5.41, 5.74) is 0.0253. The van der Waals surface area contributed by atoms with Crippen LogP contribution in [0.1, 0.15) is 27.7 Å². The molecule has 0 heterocycles. The molecule has 1 atom stereocenters. The van der Waals surface area contributed by atoms with Crippen molar-refractivity contribution in [1.29, 1.82) is 0 Å². The molecule has 0 spiro atoms. The number of azo groups is 1. The first-order valence-electron chi connectivity index (χ1n) is 3.86. The van der Waals surface area contributed by atoms with Crippen molar-refractivity contribution in [1.82, 2.24) is 0 Å². The predicted octanol–water partition coefficient (Wildman–Crippen LogP) is 2.64. The summed E-state index contributed by atoms with van der Waals surface area (Å²) >= 11 is 0. The van der Waals surface area contributed by atoms with E-state index in [1.54, 1.807) is 0 Å². The Bertz CT molecular complexity index is 182. The van der Waals surface area contributed by atoms with Gasteiger partial charge in [0.15, 0.2) is 0 Å². The molecule has 4 nitrogen and oxygen atoms in total. The lowest BCUT2D eigenvalue weighted by Crippen LogP contribution is -2.20. The summed E-state index contributed by atoms with van der Waals surface area (Å²) in [4.78, 5) is 10.6. The average Bonchev–Trinajstić information content (AvgIpc) is 1.97. The third kappa shape index (κ3) is 4.05. The van der Waals surface area contributed by atoms with Gasteiger partial charge in [-0.25, -0.2) is 4.79 Å². The number of rotatable bonds is 1. The topological polar surface area (TPSA) is 51.0 Å². The van der Waals surface area contributed by atoms with E-state index in [0.717, 1.165) is 0 Å². The van der Waals surface area contributed by atoms with E-state index in [1.165, 1.54) is 7.11 Å². The van der Waals surface area contributed by atoms with E-state index in [9.17, 15) is 4.79 Å². The van der Waals surface area contributed by atoms with Crippen LogP contribution in [0, 0.1) is 5.41 Å². The van der Waals surface area contributed by atoms with Gasteiger partial charge in [-0.05, 0) is 12.3 Å². The third-order valence-electron chi connectivity index (χ3n) is 1.74. The van der Waals surface area contributed by atoms with Crippen LogP contribution in [0.5, 0.6) is 0 Å². The number of hydrogen-bond acceptors (Lipinski definition) is 3. The predicted molar refractivity (Wildman–Crippen MR) is 46.2 cm³/mol. The second-order valence-corrected chi connectivity index (χ2v) is 3.73. The summed E-state index contributed by atoms with van der Waals surface area (Å²) in [7, 11) is 1.28. The summed E-state index contributed by atoms with van der Waals surface area (Å²) in [5.74, 6) is 0. The molecular weight excluding hydrogens is 156 g/mol. The van der Waals surface area contributed by atoms with Crippen molar-refractivity contribution in [2.75, 3.05) is 7.11 Å². The van der Waals surface area contributed by atoms with Crippen LogP contribution in [-0.4, -0.2) is 19.2 Å². The highest BCUT2D eigenvalue weighted by molar-refractivity contribution is 5.67. The molecule has 0 aliphatic rings. The first-order valence-corrected chi connectivity index (χ1v) is 3.86. The first kappa shape index (κ1) is 11.1. The molecule has 0 aliphatic heterocycles. The van der Waals surface area contributed by atoms with Crippen molar-refractivity contribution in [3.8, 4) is 0 Å². The van der Waals surface area contributed by atoms with E-state index in [1.807, 2.05) is 27.7 Å². The number of methoxy groups -OCH3 is 1. The molecule has 1 amide bonds. The largest absolute Gasteiger partial charge is 0.451 e. The molecule has 0 saturated carbocycles. The van der Waals surface area contributed by atoms with Gasteiger partial charge in [0.25, 0.3) is 0 Å². The van der Waals surface area contributed by atoms with Gasteiger partial charge in [-0.1, -0.05) is 25.9 Å². The minimum Gasteiger partial charge on any atom is -0.450 e. The maximum absolute atomic E-state index is 10.6. The first-order chi connectivity index (χ1) is 5.38. The lowest BCUT2D eigenvalue weighted by molar-refractivity contribution is 0.179. The Morgan fingerprint density at radius 2 is 1.92 bits per heavy atom. The van der Waals surface area contributed by atoms with Crippen LogP contribution in [0.3, 0.4) is 0 Å². The van der Waals surface area contributed by atoms with Gasteiger partial charge in [-0.2, -0.15) is 5.11 Å². The molecule has 0 fully saturated rings. The van der Waals surface area contributed by atoms with Crippen molar-refractivity contribution in [3.05, 3.63) is 0 Å². The van der Waals surface area contributed by atoms with Gasteiger partial charge < -0.3 is 4.74 Å². The monoisotopic (exact) mass is 172 g/mol. The Kier molecular flexibility index (Phi) is 3.86. The quantitative estimate of drug-likeness (QED) is 0.571. The highest BCUT2D eigenvalue weighted by Gasteiger charge is 2.19. The zero-order chi connectivity index (χ0) is 9.78. The molecule has 0 saturated heterocycles. The maximum atomic E-state index is 10.6. The van der Waals surface area contributed by atoms with Crippen LogP contribution in [0.15, 0.2) is 10.2 Å². The number of ether oxygens (including phenoxy) is 1. The number of amides is 1. The maximum Gasteiger partial charge on any atom is 0.451 e. The molecule has 0 rings (SSSR count). The summed E-state index contributed by atoms with van der Waals surface area (Å²) in [6.07, 6.45) is -0.647. The van der Waals surface area contributed by atoms with Gasteiger partial charge >= 0.3 is 6.09 Å². The van der Waals surface area contributed by atoms with E-state index in [-0.39, 0.29) is 11.5 Å². The minimum atomic E-state index is -0.647. The summed E-state index contributed by atoms with van der Waals surface area (Å²) in [6.45, 7) is 8.02. The van der Waals surface area contributed by atoms with Crippen molar-refractivity contribution < 1.29 is 9.53 Å². The fourth-order valence-corrected chi connectivity index (χ4v) is 0.348. The molecule has 0 radical (unpaired) electrons. The van der Waals surface area contributed by atoms with E-state index in [4.69, 9.17) is 0 Å². The van der Waals surface area contributed by atoms with Gasteiger partial charge in [-0.3, -0.25) is 0 Å². The molecule has 70 valence electrons. The van der Waals surface area contributed by atoms with E-state index in [0.29, 0.717) is 0 Å². The van der Waals surface area contributed by atoms with Gasteiger partial charge in [0.1, 0.15) is 0 Å². The number of nitrogens with zero attached hydrogens (tertiary/aromatic N) is 2. The normalized spacial score (nSPS) is 14.8. The van der Waals surface area contributed by atoms with Gasteiger partial charge in [0, 0.05) is 0 Å². The molecule has 0 aromatic heterocycles. The van der Waals surface area contributed by atoms with Crippen LogP contribution in [0.4, 0.5) is 4.79 Å². The van der Waals surface area contributed by atoms with Crippen LogP contribution >= 0.6 is 0 Å². The average molecular weight is 172 g/mol. The molecule has 0 bridgehead atoms. The van der Waals surface area contributed by atoms with Crippen LogP contribution in [-0.2, 0) is 4.74 Å². The van der Waals surface area contributed by atoms with Gasteiger partial charge in [0.05, 0.1) is 13.2 Å². The molecule has 0 aromatic carbocycles. The highest BCUT2D eigenvalue weighted by Crippen LogP contribution is 2.21. The van der Waals surface area contributed by atoms with Crippen molar-refractivity contribution >= 4 is 6.09 Å². The summed E-state index contributed by atoms with van der Waals surface area (Å²) in [6, 6.07) is 0.0107.